The van der Waals surface area contributed by atoms with E-state index in [1.54, 1.807) is 18.9 Å². The van der Waals surface area contributed by atoms with Gasteiger partial charge in [-0.25, -0.2) is 0 Å². The number of ether oxygens (including phenoxy) is 3. The summed E-state index contributed by atoms with van der Waals surface area (Å²) in [4.78, 5) is 0. The van der Waals surface area contributed by atoms with Crippen LogP contribution in [0.15, 0.2) is 28.6 Å². The van der Waals surface area contributed by atoms with Gasteiger partial charge in [0, 0.05) is 11.4 Å². The molecular weight excluding hydrogens is 322 g/mol. The molecule has 6 nitrogen and oxygen atoms in total. The molecule has 8 heteroatoms. The standard InChI is InChI=1S/C14H17N3O3S2/c1-18-11-4-2-10(3-5-11)15-13-16-17-14(22-13)21-8-12-6-7-19-9-20-12/h2-5,12H,6-9H2,1H3,(H,15,16)/t12-/m1/s1. The van der Waals surface area contributed by atoms with Crippen molar-refractivity contribution in [2.45, 2.75) is 16.9 Å². The van der Waals surface area contributed by atoms with Crippen LogP contribution in [-0.4, -0.2) is 42.6 Å². The van der Waals surface area contributed by atoms with Crippen molar-refractivity contribution in [2.24, 2.45) is 0 Å². The minimum Gasteiger partial charge on any atom is -0.497 e. The van der Waals surface area contributed by atoms with Gasteiger partial charge in [0.2, 0.25) is 5.13 Å². The fourth-order valence-corrected chi connectivity index (χ4v) is 3.78. The fourth-order valence-electron chi connectivity index (χ4n) is 1.91. The lowest BCUT2D eigenvalue weighted by Gasteiger charge is -2.21. The Morgan fingerprint density at radius 3 is 2.95 bits per heavy atom. The van der Waals surface area contributed by atoms with Gasteiger partial charge in [-0.15, -0.1) is 10.2 Å². The van der Waals surface area contributed by atoms with Crippen molar-refractivity contribution < 1.29 is 14.2 Å². The smallest absolute Gasteiger partial charge is 0.210 e. The topological polar surface area (TPSA) is 65.5 Å². The van der Waals surface area contributed by atoms with Crippen LogP contribution in [0.1, 0.15) is 6.42 Å². The van der Waals surface area contributed by atoms with Crippen LogP contribution in [0.5, 0.6) is 5.75 Å². The minimum atomic E-state index is 0.237. The molecule has 1 N–H and O–H groups in total. The van der Waals surface area contributed by atoms with E-state index >= 15 is 0 Å². The molecule has 1 aliphatic heterocycles. The van der Waals surface area contributed by atoms with E-state index in [1.807, 2.05) is 24.3 Å². The summed E-state index contributed by atoms with van der Waals surface area (Å²) in [5.74, 6) is 1.70. The third kappa shape index (κ3) is 4.33. The largest absolute Gasteiger partial charge is 0.497 e. The van der Waals surface area contributed by atoms with Crippen LogP contribution in [-0.2, 0) is 9.47 Å². The van der Waals surface area contributed by atoms with E-state index in [0.717, 1.165) is 39.7 Å². The molecule has 118 valence electrons. The van der Waals surface area contributed by atoms with E-state index < -0.39 is 0 Å². The Morgan fingerprint density at radius 1 is 1.36 bits per heavy atom. The maximum atomic E-state index is 5.51. The number of hydrogen-bond acceptors (Lipinski definition) is 8. The Labute approximate surface area is 137 Å². The summed E-state index contributed by atoms with van der Waals surface area (Å²) in [5.41, 5.74) is 0.960. The van der Waals surface area contributed by atoms with E-state index in [0.29, 0.717) is 6.79 Å². The third-order valence-electron chi connectivity index (χ3n) is 3.11. The molecule has 1 fully saturated rings. The van der Waals surface area contributed by atoms with E-state index in [2.05, 4.69) is 15.5 Å². The molecule has 0 aliphatic carbocycles. The monoisotopic (exact) mass is 339 g/mol. The van der Waals surface area contributed by atoms with E-state index in [9.17, 15) is 0 Å². The first kappa shape index (κ1) is 15.5. The van der Waals surface area contributed by atoms with Crippen molar-refractivity contribution in [1.82, 2.24) is 10.2 Å². The van der Waals surface area contributed by atoms with Crippen LogP contribution >= 0.6 is 23.1 Å². The SMILES string of the molecule is COc1ccc(Nc2nnc(SC[C@H]3CCOCO3)s2)cc1. The molecule has 1 aromatic heterocycles. The summed E-state index contributed by atoms with van der Waals surface area (Å²) >= 11 is 3.21. The molecule has 0 radical (unpaired) electrons. The Morgan fingerprint density at radius 2 is 2.23 bits per heavy atom. The summed E-state index contributed by atoms with van der Waals surface area (Å²) in [7, 11) is 1.65. The molecule has 0 spiro atoms. The highest BCUT2D eigenvalue weighted by molar-refractivity contribution is 8.01. The second kappa shape index (κ2) is 7.77. The summed E-state index contributed by atoms with van der Waals surface area (Å²) < 4.78 is 16.7. The highest BCUT2D eigenvalue weighted by atomic mass is 32.2. The van der Waals surface area contributed by atoms with Crippen molar-refractivity contribution in [3.8, 4) is 5.75 Å². The molecule has 22 heavy (non-hydrogen) atoms. The maximum Gasteiger partial charge on any atom is 0.210 e. The second-order valence-electron chi connectivity index (χ2n) is 4.64. The fraction of sp³-hybridized carbons (Fsp3) is 0.429. The lowest BCUT2D eigenvalue weighted by Crippen LogP contribution is -2.25. The molecule has 1 saturated heterocycles. The summed E-state index contributed by atoms with van der Waals surface area (Å²) in [6, 6.07) is 7.70. The van der Waals surface area contributed by atoms with Gasteiger partial charge in [0.1, 0.15) is 12.5 Å². The lowest BCUT2D eigenvalue weighted by atomic mass is 10.3. The average molecular weight is 339 g/mol. The molecule has 0 unspecified atom stereocenters. The molecule has 0 bridgehead atoms. The highest BCUT2D eigenvalue weighted by Crippen LogP contribution is 2.29. The van der Waals surface area contributed by atoms with Crippen LogP contribution < -0.4 is 10.1 Å². The Kier molecular flexibility index (Phi) is 5.49. The lowest BCUT2D eigenvalue weighted by molar-refractivity contribution is -0.130. The Bertz CT molecular complexity index is 585. The molecule has 0 saturated carbocycles. The summed E-state index contributed by atoms with van der Waals surface area (Å²) in [6.45, 7) is 1.16. The number of anilines is 2. The van der Waals surface area contributed by atoms with Crippen LogP contribution in [0, 0.1) is 0 Å². The predicted octanol–water partition coefficient (Wildman–Crippen LogP) is 3.15. The van der Waals surface area contributed by atoms with Gasteiger partial charge in [-0.05, 0) is 30.7 Å². The second-order valence-corrected chi connectivity index (χ2v) is 6.89. The van der Waals surface area contributed by atoms with Crippen LogP contribution in [0.3, 0.4) is 0 Å². The Hall–Kier alpha value is -1.35. The number of nitrogens with zero attached hydrogens (tertiary/aromatic N) is 2. The van der Waals surface area contributed by atoms with Gasteiger partial charge in [0.15, 0.2) is 4.34 Å². The molecule has 1 aromatic carbocycles. The zero-order valence-corrected chi connectivity index (χ0v) is 13.8. The van der Waals surface area contributed by atoms with Gasteiger partial charge in [-0.3, -0.25) is 0 Å². The molecule has 3 rings (SSSR count). The van der Waals surface area contributed by atoms with Crippen LogP contribution in [0.2, 0.25) is 0 Å². The number of thioether (sulfide) groups is 1. The van der Waals surface area contributed by atoms with Gasteiger partial charge in [0.25, 0.3) is 0 Å². The first-order valence-electron chi connectivity index (χ1n) is 6.90. The number of aromatic nitrogens is 2. The number of methoxy groups -OCH3 is 1. The first-order valence-corrected chi connectivity index (χ1v) is 8.70. The van der Waals surface area contributed by atoms with Gasteiger partial charge >= 0.3 is 0 Å². The Balaban J connectivity index is 1.51. The highest BCUT2D eigenvalue weighted by Gasteiger charge is 2.15. The van der Waals surface area contributed by atoms with Gasteiger partial charge in [-0.1, -0.05) is 23.1 Å². The normalized spacial score (nSPS) is 18.1. The van der Waals surface area contributed by atoms with E-state index in [4.69, 9.17) is 14.2 Å². The summed E-state index contributed by atoms with van der Waals surface area (Å²) in [5, 5.41) is 12.4. The van der Waals surface area contributed by atoms with Crippen LogP contribution in [0.25, 0.3) is 0 Å². The average Bonchev–Trinajstić information content (AvgIpc) is 3.02. The molecule has 1 atom stereocenters. The van der Waals surface area contributed by atoms with E-state index in [-0.39, 0.29) is 6.10 Å². The van der Waals surface area contributed by atoms with Gasteiger partial charge < -0.3 is 19.5 Å². The molecule has 2 heterocycles. The minimum absolute atomic E-state index is 0.237. The number of benzene rings is 1. The van der Waals surface area contributed by atoms with Crippen molar-refractivity contribution in [3.63, 3.8) is 0 Å². The molecule has 0 amide bonds. The zero-order chi connectivity index (χ0) is 15.2. The quantitative estimate of drug-likeness (QED) is 0.811. The van der Waals surface area contributed by atoms with Crippen molar-refractivity contribution in [2.75, 3.05) is 31.6 Å². The number of nitrogens with one attached hydrogen (secondary N) is 1. The summed E-state index contributed by atoms with van der Waals surface area (Å²) in [6.07, 6.45) is 1.17. The first-order chi connectivity index (χ1) is 10.8. The number of rotatable bonds is 6. The van der Waals surface area contributed by atoms with Crippen molar-refractivity contribution in [1.29, 1.82) is 0 Å². The third-order valence-corrected chi connectivity index (χ3v) is 5.22. The maximum absolute atomic E-state index is 5.51. The van der Waals surface area contributed by atoms with Crippen LogP contribution in [0.4, 0.5) is 10.8 Å². The number of hydrogen-bond donors (Lipinski definition) is 1. The van der Waals surface area contributed by atoms with E-state index in [1.165, 1.54) is 11.3 Å². The zero-order valence-electron chi connectivity index (χ0n) is 12.2. The van der Waals surface area contributed by atoms with Gasteiger partial charge in [-0.2, -0.15) is 0 Å². The van der Waals surface area contributed by atoms with Gasteiger partial charge in [0.05, 0.1) is 19.8 Å². The molecular formula is C14H17N3O3S2. The van der Waals surface area contributed by atoms with Crippen molar-refractivity contribution in [3.05, 3.63) is 24.3 Å². The molecule has 2 aromatic rings. The predicted molar refractivity (Wildman–Crippen MR) is 87.2 cm³/mol. The molecule has 1 aliphatic rings. The van der Waals surface area contributed by atoms with Crippen molar-refractivity contribution >= 4 is 33.9 Å².